The van der Waals surface area contributed by atoms with E-state index in [0.717, 1.165) is 5.56 Å². The van der Waals surface area contributed by atoms with Crippen LogP contribution in [0.3, 0.4) is 0 Å². The van der Waals surface area contributed by atoms with Crippen LogP contribution in [-0.4, -0.2) is 34.8 Å². The highest BCUT2D eigenvalue weighted by atomic mass is 31.2. The zero-order valence-electron chi connectivity index (χ0n) is 20.6. The minimum absolute atomic E-state index is 0.0147. The molecule has 2 N–H and O–H groups in total. The molecule has 0 saturated carbocycles. The van der Waals surface area contributed by atoms with Gasteiger partial charge in [-0.25, -0.2) is 9.88 Å². The topological polar surface area (TPSA) is 121 Å². The molecule has 1 aliphatic rings. The average molecular weight is 528 g/mol. The SMILES string of the molecule is CC1CC(COP(NCC(=O)O[C@@H](C)c2ccccc2)Oc2ccccc2)OC1n1ccc(=O)[nH]c1=O. The maximum atomic E-state index is 12.5. The number of esters is 1. The lowest BCUT2D eigenvalue weighted by molar-refractivity contribution is -0.147. The first kappa shape index (κ1) is 26.8. The van der Waals surface area contributed by atoms with Gasteiger partial charge in [0, 0.05) is 18.2 Å². The molecule has 2 aromatic carbocycles. The Kier molecular flexibility index (Phi) is 9.24. The smallest absolute Gasteiger partial charge is 0.330 e. The standard InChI is InChI=1S/C26H30N3O7P/c1-18-15-22(35-25(18)29-14-13-23(30)28-26(29)32)17-33-37(36-21-11-7-4-8-12-21)27-16-24(31)34-19(2)20-9-5-3-6-10-20/h3-14,18-19,22,25,27H,15-17H2,1-2H3,(H,28,30,32)/t18?,19-,22?,25?,37?/m0/s1. The summed E-state index contributed by atoms with van der Waals surface area (Å²) in [5, 5.41) is 3.01. The second kappa shape index (κ2) is 12.8. The van der Waals surface area contributed by atoms with Crippen molar-refractivity contribution in [1.29, 1.82) is 0 Å². The van der Waals surface area contributed by atoms with E-state index in [9.17, 15) is 14.4 Å². The Morgan fingerprint density at radius 1 is 1.14 bits per heavy atom. The normalized spacial score (nSPS) is 20.8. The van der Waals surface area contributed by atoms with Crippen molar-refractivity contribution < 1.29 is 23.3 Å². The second-order valence-corrected chi connectivity index (χ2v) is 9.99. The molecular formula is C26H30N3O7P. The van der Waals surface area contributed by atoms with E-state index in [-0.39, 0.29) is 31.3 Å². The number of nitrogens with one attached hydrogen (secondary N) is 2. The number of aromatic amines is 1. The van der Waals surface area contributed by atoms with Crippen LogP contribution in [0.1, 0.15) is 38.2 Å². The third-order valence-corrected chi connectivity index (χ3v) is 6.99. The summed E-state index contributed by atoms with van der Waals surface area (Å²) in [4.78, 5) is 38.3. The van der Waals surface area contributed by atoms with E-state index in [1.165, 1.54) is 16.8 Å². The summed E-state index contributed by atoms with van der Waals surface area (Å²) >= 11 is 0. The van der Waals surface area contributed by atoms with E-state index >= 15 is 0 Å². The predicted molar refractivity (Wildman–Crippen MR) is 138 cm³/mol. The van der Waals surface area contributed by atoms with Crippen molar-refractivity contribution in [2.45, 2.75) is 38.7 Å². The monoisotopic (exact) mass is 527 g/mol. The molecule has 0 aliphatic carbocycles. The van der Waals surface area contributed by atoms with Gasteiger partial charge in [-0.2, -0.15) is 0 Å². The van der Waals surface area contributed by atoms with Crippen LogP contribution < -0.4 is 20.9 Å². The molecule has 1 aliphatic heterocycles. The van der Waals surface area contributed by atoms with Gasteiger partial charge in [0.25, 0.3) is 5.56 Å². The van der Waals surface area contributed by atoms with Crippen molar-refractivity contribution in [2.24, 2.45) is 5.92 Å². The lowest BCUT2D eigenvalue weighted by atomic mass is 10.1. The van der Waals surface area contributed by atoms with E-state index in [0.29, 0.717) is 12.2 Å². The van der Waals surface area contributed by atoms with Gasteiger partial charge in [-0.05, 0) is 31.0 Å². The summed E-state index contributed by atoms with van der Waals surface area (Å²) in [6.45, 7) is 3.86. The lowest BCUT2D eigenvalue weighted by Gasteiger charge is -2.21. The second-order valence-electron chi connectivity index (χ2n) is 8.71. The fourth-order valence-corrected chi connectivity index (χ4v) is 5.07. The Balaban J connectivity index is 1.34. The third-order valence-electron chi connectivity index (χ3n) is 5.82. The molecule has 1 aromatic heterocycles. The van der Waals surface area contributed by atoms with Gasteiger partial charge in [0.2, 0.25) is 0 Å². The zero-order valence-corrected chi connectivity index (χ0v) is 21.5. The minimum Gasteiger partial charge on any atom is -0.457 e. The van der Waals surface area contributed by atoms with E-state index in [4.69, 9.17) is 18.5 Å². The molecule has 0 amide bonds. The number of benzene rings is 2. The maximum Gasteiger partial charge on any atom is 0.330 e. The van der Waals surface area contributed by atoms with Crippen molar-refractivity contribution in [1.82, 2.24) is 14.6 Å². The molecule has 37 heavy (non-hydrogen) atoms. The van der Waals surface area contributed by atoms with E-state index < -0.39 is 32.0 Å². The molecule has 196 valence electrons. The summed E-state index contributed by atoms with van der Waals surface area (Å²) < 4.78 is 24.9. The largest absolute Gasteiger partial charge is 0.457 e. The molecule has 2 heterocycles. The summed E-state index contributed by atoms with van der Waals surface area (Å²) in [6, 6.07) is 19.9. The molecular weight excluding hydrogens is 497 g/mol. The number of aromatic nitrogens is 2. The number of rotatable bonds is 11. The highest BCUT2D eigenvalue weighted by molar-refractivity contribution is 7.45. The molecule has 0 radical (unpaired) electrons. The molecule has 0 spiro atoms. The molecule has 1 saturated heterocycles. The van der Waals surface area contributed by atoms with Crippen LogP contribution in [0, 0.1) is 5.92 Å². The van der Waals surface area contributed by atoms with Crippen LogP contribution in [0.5, 0.6) is 5.75 Å². The number of carbonyl (C=O) groups is 1. The van der Waals surface area contributed by atoms with Gasteiger partial charge in [0.1, 0.15) is 24.6 Å². The molecule has 3 aromatic rings. The Morgan fingerprint density at radius 3 is 2.54 bits per heavy atom. The van der Waals surface area contributed by atoms with Crippen LogP contribution >= 0.6 is 8.53 Å². The van der Waals surface area contributed by atoms with Gasteiger partial charge in [-0.1, -0.05) is 55.5 Å². The quantitative estimate of drug-likeness (QED) is 0.286. The van der Waals surface area contributed by atoms with Crippen LogP contribution in [0.4, 0.5) is 0 Å². The third kappa shape index (κ3) is 7.60. The molecule has 4 rings (SSSR count). The fourth-order valence-electron chi connectivity index (χ4n) is 3.98. The van der Waals surface area contributed by atoms with E-state index in [1.54, 1.807) is 12.1 Å². The highest BCUT2D eigenvalue weighted by Crippen LogP contribution is 2.38. The number of carbonyl (C=O) groups excluding carboxylic acids is 1. The van der Waals surface area contributed by atoms with Crippen molar-refractivity contribution in [2.75, 3.05) is 13.2 Å². The van der Waals surface area contributed by atoms with Gasteiger partial charge < -0.3 is 18.5 Å². The Morgan fingerprint density at radius 2 is 1.84 bits per heavy atom. The number of para-hydroxylation sites is 1. The minimum atomic E-state index is -1.71. The molecule has 5 atom stereocenters. The van der Waals surface area contributed by atoms with Crippen LogP contribution in [0.15, 0.2) is 82.5 Å². The number of ether oxygens (including phenoxy) is 2. The van der Waals surface area contributed by atoms with Crippen molar-refractivity contribution >= 4 is 14.5 Å². The molecule has 10 nitrogen and oxygen atoms in total. The van der Waals surface area contributed by atoms with Crippen LogP contribution in [-0.2, 0) is 18.8 Å². The summed E-state index contributed by atoms with van der Waals surface area (Å²) in [5.41, 5.74) is -0.0812. The molecule has 1 fully saturated rings. The average Bonchev–Trinajstić information content (AvgIpc) is 3.26. The summed E-state index contributed by atoms with van der Waals surface area (Å²) in [6.07, 6.45) is 0.845. The van der Waals surface area contributed by atoms with E-state index in [2.05, 4.69) is 10.1 Å². The zero-order chi connectivity index (χ0) is 26.2. The van der Waals surface area contributed by atoms with E-state index in [1.807, 2.05) is 62.4 Å². The van der Waals surface area contributed by atoms with Crippen molar-refractivity contribution in [3.05, 3.63) is 99.3 Å². The number of hydrogen-bond acceptors (Lipinski definition) is 8. The number of nitrogens with zero attached hydrogens (tertiary/aromatic N) is 1. The Bertz CT molecular complexity index is 1270. The van der Waals surface area contributed by atoms with Gasteiger partial charge in [-0.3, -0.25) is 19.1 Å². The molecule has 0 bridgehead atoms. The fraction of sp³-hybridized carbons (Fsp3) is 0.346. The first-order chi connectivity index (χ1) is 17.9. The van der Waals surface area contributed by atoms with Crippen LogP contribution in [0.2, 0.25) is 0 Å². The summed E-state index contributed by atoms with van der Waals surface area (Å²) in [5.74, 6) is 0.166. The highest BCUT2D eigenvalue weighted by Gasteiger charge is 2.35. The Labute approximate surface area is 215 Å². The number of H-pyrrole nitrogens is 1. The summed E-state index contributed by atoms with van der Waals surface area (Å²) in [7, 11) is -1.71. The van der Waals surface area contributed by atoms with Gasteiger partial charge in [0.05, 0.1) is 12.7 Å². The first-order valence-electron chi connectivity index (χ1n) is 12.0. The van der Waals surface area contributed by atoms with Gasteiger partial charge in [0.15, 0.2) is 0 Å². The predicted octanol–water partition coefficient (Wildman–Crippen LogP) is 3.68. The van der Waals surface area contributed by atoms with Crippen molar-refractivity contribution in [3.63, 3.8) is 0 Å². The van der Waals surface area contributed by atoms with Crippen LogP contribution in [0.25, 0.3) is 0 Å². The number of hydrogen-bond donors (Lipinski definition) is 2. The van der Waals surface area contributed by atoms with Gasteiger partial charge >= 0.3 is 20.2 Å². The Hall–Kier alpha value is -3.30. The molecule has 4 unspecified atom stereocenters. The van der Waals surface area contributed by atoms with Gasteiger partial charge in [-0.15, -0.1) is 0 Å². The molecule has 11 heteroatoms. The lowest BCUT2D eigenvalue weighted by Crippen LogP contribution is -2.33. The first-order valence-corrected chi connectivity index (χ1v) is 13.2. The van der Waals surface area contributed by atoms with Crippen molar-refractivity contribution in [3.8, 4) is 5.75 Å². The maximum absolute atomic E-state index is 12.5.